The number of nitrogens with zero attached hydrogens (tertiary/aromatic N) is 2. The highest BCUT2D eigenvalue weighted by Gasteiger charge is 2.24. The summed E-state index contributed by atoms with van der Waals surface area (Å²) in [6.07, 6.45) is 0. The third-order valence-electron chi connectivity index (χ3n) is 3.04. The van der Waals surface area contributed by atoms with Crippen LogP contribution in [0.4, 0.5) is 0 Å². The predicted molar refractivity (Wildman–Crippen MR) is 70.9 cm³/mol. The van der Waals surface area contributed by atoms with E-state index in [1.54, 1.807) is 21.9 Å². The molecule has 0 saturated carbocycles. The van der Waals surface area contributed by atoms with Gasteiger partial charge in [0.15, 0.2) is 0 Å². The Morgan fingerprint density at radius 2 is 1.95 bits per heavy atom. The Morgan fingerprint density at radius 1 is 1.26 bits per heavy atom. The molecule has 1 heterocycles. The van der Waals surface area contributed by atoms with Crippen LogP contribution in [0.15, 0.2) is 24.3 Å². The summed E-state index contributed by atoms with van der Waals surface area (Å²) in [5.41, 5.74) is 1.02. The normalized spacial score (nSPS) is 16.7. The van der Waals surface area contributed by atoms with Crippen LogP contribution < -0.4 is 0 Å². The molecule has 0 bridgehead atoms. The molecule has 1 aliphatic heterocycles. The highest BCUT2D eigenvalue weighted by atomic mass is 35.5. The van der Waals surface area contributed by atoms with Crippen LogP contribution in [0.1, 0.15) is 5.56 Å². The standard InChI is InChI=1S/C13H15ClN2O3/c14-11-3-1-10(2-4-11)7-16-6-5-15(8-12(16)17)9-13(18)19/h1-4H,5-9H2,(H,18,19). The molecule has 1 aromatic carbocycles. The number of amides is 1. The fourth-order valence-corrected chi connectivity index (χ4v) is 2.19. The molecule has 102 valence electrons. The number of piperazine rings is 1. The predicted octanol–water partition coefficient (Wildman–Crippen LogP) is 1.07. The van der Waals surface area contributed by atoms with E-state index in [4.69, 9.17) is 16.7 Å². The number of carboxylic acid groups (broad SMARTS) is 1. The molecule has 5 nitrogen and oxygen atoms in total. The van der Waals surface area contributed by atoms with Gasteiger partial charge in [-0.15, -0.1) is 0 Å². The second kappa shape index (κ2) is 6.04. The fourth-order valence-electron chi connectivity index (χ4n) is 2.06. The van der Waals surface area contributed by atoms with Crippen molar-refractivity contribution in [3.8, 4) is 0 Å². The largest absolute Gasteiger partial charge is 0.480 e. The molecule has 1 saturated heterocycles. The zero-order chi connectivity index (χ0) is 13.8. The highest BCUT2D eigenvalue weighted by Crippen LogP contribution is 2.13. The van der Waals surface area contributed by atoms with Gasteiger partial charge in [-0.05, 0) is 17.7 Å². The number of hydrogen-bond donors (Lipinski definition) is 1. The van der Waals surface area contributed by atoms with Gasteiger partial charge in [0.1, 0.15) is 0 Å². The monoisotopic (exact) mass is 282 g/mol. The SMILES string of the molecule is O=C(O)CN1CCN(Cc2ccc(Cl)cc2)C(=O)C1. The fraction of sp³-hybridized carbons (Fsp3) is 0.385. The zero-order valence-corrected chi connectivity index (χ0v) is 11.1. The molecule has 1 aromatic rings. The summed E-state index contributed by atoms with van der Waals surface area (Å²) in [5, 5.41) is 9.37. The number of rotatable bonds is 4. The molecule has 1 amide bonds. The summed E-state index contributed by atoms with van der Waals surface area (Å²) in [4.78, 5) is 25.9. The number of benzene rings is 1. The Labute approximate surface area is 116 Å². The van der Waals surface area contributed by atoms with Gasteiger partial charge in [0.2, 0.25) is 5.91 Å². The number of halogens is 1. The zero-order valence-electron chi connectivity index (χ0n) is 10.4. The van der Waals surface area contributed by atoms with E-state index in [0.29, 0.717) is 24.7 Å². The number of carbonyl (C=O) groups excluding carboxylic acids is 1. The summed E-state index contributed by atoms with van der Waals surface area (Å²) in [7, 11) is 0. The lowest BCUT2D eigenvalue weighted by Gasteiger charge is -2.33. The molecule has 0 radical (unpaired) electrons. The molecule has 6 heteroatoms. The van der Waals surface area contributed by atoms with Crippen LogP contribution in [-0.2, 0) is 16.1 Å². The van der Waals surface area contributed by atoms with Crippen molar-refractivity contribution < 1.29 is 14.7 Å². The quantitative estimate of drug-likeness (QED) is 0.897. The van der Waals surface area contributed by atoms with Crippen molar-refractivity contribution in [2.24, 2.45) is 0 Å². The molecule has 0 atom stereocenters. The Hall–Kier alpha value is -1.59. The molecule has 0 spiro atoms. The smallest absolute Gasteiger partial charge is 0.317 e. The maximum Gasteiger partial charge on any atom is 0.317 e. The van der Waals surface area contributed by atoms with Gasteiger partial charge in [0.25, 0.3) is 0 Å². The maximum atomic E-state index is 11.9. The van der Waals surface area contributed by atoms with Gasteiger partial charge in [-0.3, -0.25) is 14.5 Å². The molecule has 2 rings (SSSR count). The second-order valence-corrected chi connectivity index (χ2v) is 4.98. The summed E-state index contributed by atoms with van der Waals surface area (Å²) < 4.78 is 0. The van der Waals surface area contributed by atoms with E-state index in [1.165, 1.54) is 0 Å². The molecule has 1 N–H and O–H groups in total. The van der Waals surface area contributed by atoms with E-state index in [2.05, 4.69) is 0 Å². The number of hydrogen-bond acceptors (Lipinski definition) is 3. The van der Waals surface area contributed by atoms with Crippen molar-refractivity contribution in [1.82, 2.24) is 9.80 Å². The van der Waals surface area contributed by atoms with Crippen LogP contribution >= 0.6 is 11.6 Å². The van der Waals surface area contributed by atoms with Gasteiger partial charge in [-0.25, -0.2) is 0 Å². The van der Waals surface area contributed by atoms with Crippen molar-refractivity contribution in [3.63, 3.8) is 0 Å². The lowest BCUT2D eigenvalue weighted by molar-refractivity contribution is -0.142. The summed E-state index contributed by atoms with van der Waals surface area (Å²) in [5.74, 6) is -0.943. The van der Waals surface area contributed by atoms with Crippen LogP contribution in [0, 0.1) is 0 Å². The molecule has 0 unspecified atom stereocenters. The molecule has 0 aliphatic carbocycles. The van der Waals surface area contributed by atoms with Gasteiger partial charge in [-0.2, -0.15) is 0 Å². The van der Waals surface area contributed by atoms with Crippen LogP contribution in [0.5, 0.6) is 0 Å². The minimum absolute atomic E-state index is 0.0394. The van der Waals surface area contributed by atoms with Crippen molar-refractivity contribution in [3.05, 3.63) is 34.9 Å². The third kappa shape index (κ3) is 3.94. The summed E-state index contributed by atoms with van der Waals surface area (Å²) in [6.45, 7) is 1.76. The van der Waals surface area contributed by atoms with E-state index in [1.807, 2.05) is 12.1 Å². The van der Waals surface area contributed by atoms with E-state index in [0.717, 1.165) is 5.56 Å². The van der Waals surface area contributed by atoms with Gasteiger partial charge >= 0.3 is 5.97 Å². The average molecular weight is 283 g/mol. The Bertz CT molecular complexity index is 475. The molecular weight excluding hydrogens is 268 g/mol. The van der Waals surface area contributed by atoms with Gasteiger partial charge in [-0.1, -0.05) is 23.7 Å². The maximum absolute atomic E-state index is 11.9. The van der Waals surface area contributed by atoms with Crippen LogP contribution in [0.25, 0.3) is 0 Å². The first-order chi connectivity index (χ1) is 9.04. The van der Waals surface area contributed by atoms with E-state index in [9.17, 15) is 9.59 Å². The van der Waals surface area contributed by atoms with Gasteiger partial charge in [0, 0.05) is 24.7 Å². The average Bonchev–Trinajstić information content (AvgIpc) is 2.34. The van der Waals surface area contributed by atoms with E-state index < -0.39 is 5.97 Å². The topological polar surface area (TPSA) is 60.9 Å². The first-order valence-electron chi connectivity index (χ1n) is 6.01. The summed E-state index contributed by atoms with van der Waals surface area (Å²) in [6, 6.07) is 7.36. The van der Waals surface area contributed by atoms with Crippen molar-refractivity contribution in [2.45, 2.75) is 6.54 Å². The third-order valence-corrected chi connectivity index (χ3v) is 3.30. The molecule has 0 aromatic heterocycles. The lowest BCUT2D eigenvalue weighted by Crippen LogP contribution is -2.51. The van der Waals surface area contributed by atoms with Crippen LogP contribution in [0.2, 0.25) is 5.02 Å². The van der Waals surface area contributed by atoms with Gasteiger partial charge < -0.3 is 10.0 Å². The molecule has 19 heavy (non-hydrogen) atoms. The number of aliphatic carboxylic acids is 1. The first kappa shape index (κ1) is 13.8. The van der Waals surface area contributed by atoms with Crippen LogP contribution in [0.3, 0.4) is 0 Å². The Balaban J connectivity index is 1.91. The second-order valence-electron chi connectivity index (χ2n) is 4.55. The lowest BCUT2D eigenvalue weighted by atomic mass is 10.2. The molecule has 1 fully saturated rings. The molecule has 1 aliphatic rings. The minimum atomic E-state index is -0.904. The first-order valence-corrected chi connectivity index (χ1v) is 6.39. The minimum Gasteiger partial charge on any atom is -0.480 e. The van der Waals surface area contributed by atoms with E-state index >= 15 is 0 Å². The molecular formula is C13H15ClN2O3. The number of carbonyl (C=O) groups is 2. The van der Waals surface area contributed by atoms with Gasteiger partial charge in [0.05, 0.1) is 13.1 Å². The summed E-state index contributed by atoms with van der Waals surface area (Å²) >= 11 is 5.81. The van der Waals surface area contributed by atoms with Crippen molar-refractivity contribution in [1.29, 1.82) is 0 Å². The Morgan fingerprint density at radius 3 is 2.53 bits per heavy atom. The highest BCUT2D eigenvalue weighted by molar-refractivity contribution is 6.30. The van der Waals surface area contributed by atoms with Crippen molar-refractivity contribution >= 4 is 23.5 Å². The van der Waals surface area contributed by atoms with Crippen molar-refractivity contribution in [2.75, 3.05) is 26.2 Å². The van der Waals surface area contributed by atoms with Crippen LogP contribution in [-0.4, -0.2) is 53.0 Å². The number of carboxylic acids is 1. The van der Waals surface area contributed by atoms with E-state index in [-0.39, 0.29) is 19.0 Å². The Kier molecular flexibility index (Phi) is 4.39.